The summed E-state index contributed by atoms with van der Waals surface area (Å²) < 4.78 is 5.69. The molecule has 9 heteroatoms. The van der Waals surface area contributed by atoms with E-state index in [1.54, 1.807) is 4.90 Å². The van der Waals surface area contributed by atoms with Gasteiger partial charge in [-0.1, -0.05) is 23.4 Å². The second-order valence-corrected chi connectivity index (χ2v) is 7.50. The van der Waals surface area contributed by atoms with E-state index in [1.165, 1.54) is 11.3 Å². The molecule has 0 radical (unpaired) electrons. The van der Waals surface area contributed by atoms with Crippen molar-refractivity contribution in [3.05, 3.63) is 52.2 Å². The SMILES string of the molecule is CC1(c2nn[nH]n2)CN(C(=O)Cc2csc(COc3ccccc3)n2)C1. The van der Waals surface area contributed by atoms with Gasteiger partial charge in [0.2, 0.25) is 5.91 Å². The highest BCUT2D eigenvalue weighted by Gasteiger charge is 2.45. The monoisotopic (exact) mass is 370 g/mol. The molecule has 0 atom stereocenters. The van der Waals surface area contributed by atoms with Crippen LogP contribution in [0, 0.1) is 0 Å². The number of carbonyl (C=O) groups excluding carboxylic acids is 1. The number of tetrazole rings is 1. The highest BCUT2D eigenvalue weighted by molar-refractivity contribution is 7.09. The Morgan fingerprint density at radius 3 is 2.88 bits per heavy atom. The van der Waals surface area contributed by atoms with Crippen LogP contribution in [0.2, 0.25) is 0 Å². The van der Waals surface area contributed by atoms with Crippen molar-refractivity contribution in [1.29, 1.82) is 0 Å². The fraction of sp³-hybridized carbons (Fsp3) is 0.353. The predicted octanol–water partition coefficient (Wildman–Crippen LogP) is 1.58. The molecule has 1 fully saturated rings. The lowest BCUT2D eigenvalue weighted by molar-refractivity contribution is -0.138. The molecule has 1 aromatic carbocycles. The van der Waals surface area contributed by atoms with Gasteiger partial charge in [0.05, 0.1) is 17.5 Å². The number of thiazole rings is 1. The van der Waals surface area contributed by atoms with Gasteiger partial charge >= 0.3 is 0 Å². The Bertz CT molecular complexity index is 874. The molecule has 1 aliphatic rings. The van der Waals surface area contributed by atoms with Crippen LogP contribution in [0.15, 0.2) is 35.7 Å². The Kier molecular flexibility index (Phi) is 4.37. The van der Waals surface area contributed by atoms with Crippen LogP contribution >= 0.6 is 11.3 Å². The van der Waals surface area contributed by atoms with E-state index < -0.39 is 0 Å². The maximum Gasteiger partial charge on any atom is 0.228 e. The van der Waals surface area contributed by atoms with Crippen molar-refractivity contribution in [2.75, 3.05) is 13.1 Å². The number of rotatable bonds is 6. The fourth-order valence-corrected chi connectivity index (χ4v) is 3.66. The van der Waals surface area contributed by atoms with Crippen molar-refractivity contribution in [3.8, 4) is 5.75 Å². The lowest BCUT2D eigenvalue weighted by atomic mass is 9.81. The van der Waals surface area contributed by atoms with Gasteiger partial charge in [-0.25, -0.2) is 4.98 Å². The first-order valence-corrected chi connectivity index (χ1v) is 9.13. The molecular formula is C17H18N6O2S. The van der Waals surface area contributed by atoms with Crippen LogP contribution in [-0.4, -0.2) is 49.5 Å². The van der Waals surface area contributed by atoms with E-state index in [0.717, 1.165) is 16.5 Å². The minimum atomic E-state index is -0.223. The summed E-state index contributed by atoms with van der Waals surface area (Å²) in [7, 11) is 0. The summed E-state index contributed by atoms with van der Waals surface area (Å²) in [6, 6.07) is 9.61. The molecule has 2 aromatic heterocycles. The highest BCUT2D eigenvalue weighted by atomic mass is 32.1. The summed E-state index contributed by atoms with van der Waals surface area (Å²) in [5.41, 5.74) is 0.555. The van der Waals surface area contributed by atoms with Crippen LogP contribution in [0.1, 0.15) is 23.4 Å². The molecule has 0 aliphatic carbocycles. The minimum Gasteiger partial charge on any atom is -0.486 e. The molecule has 1 aliphatic heterocycles. The number of nitrogens with one attached hydrogen (secondary N) is 1. The van der Waals surface area contributed by atoms with Gasteiger partial charge in [0.1, 0.15) is 17.4 Å². The molecule has 0 spiro atoms. The van der Waals surface area contributed by atoms with E-state index in [4.69, 9.17) is 4.74 Å². The normalized spacial score (nSPS) is 15.5. The molecule has 3 aromatic rings. The lowest BCUT2D eigenvalue weighted by Crippen LogP contribution is -2.60. The number of benzene rings is 1. The fourth-order valence-electron chi connectivity index (χ4n) is 2.96. The first-order chi connectivity index (χ1) is 12.6. The molecule has 0 unspecified atom stereocenters. The van der Waals surface area contributed by atoms with E-state index in [0.29, 0.717) is 31.9 Å². The predicted molar refractivity (Wildman–Crippen MR) is 94.7 cm³/mol. The van der Waals surface area contributed by atoms with Crippen molar-refractivity contribution in [2.45, 2.75) is 25.4 Å². The number of H-pyrrole nitrogens is 1. The van der Waals surface area contributed by atoms with Crippen molar-refractivity contribution in [2.24, 2.45) is 0 Å². The van der Waals surface area contributed by atoms with E-state index >= 15 is 0 Å². The molecular weight excluding hydrogens is 352 g/mol. The molecule has 1 saturated heterocycles. The van der Waals surface area contributed by atoms with Gasteiger partial charge in [-0.15, -0.1) is 21.5 Å². The Morgan fingerprint density at radius 2 is 2.15 bits per heavy atom. The first-order valence-electron chi connectivity index (χ1n) is 8.25. The molecule has 134 valence electrons. The van der Waals surface area contributed by atoms with Crippen LogP contribution in [0.5, 0.6) is 5.75 Å². The topological polar surface area (TPSA) is 96.9 Å². The second-order valence-electron chi connectivity index (χ2n) is 6.56. The molecule has 1 amide bonds. The number of aromatic amines is 1. The Labute approximate surface area is 154 Å². The van der Waals surface area contributed by atoms with Gasteiger partial charge in [0.25, 0.3) is 0 Å². The molecule has 0 saturated carbocycles. The van der Waals surface area contributed by atoms with Crippen LogP contribution in [0.4, 0.5) is 0 Å². The second kappa shape index (κ2) is 6.83. The van der Waals surface area contributed by atoms with Crippen LogP contribution in [0.25, 0.3) is 0 Å². The van der Waals surface area contributed by atoms with Gasteiger partial charge in [0.15, 0.2) is 5.82 Å². The average molecular weight is 370 g/mol. The van der Waals surface area contributed by atoms with Crippen molar-refractivity contribution >= 4 is 17.2 Å². The Balaban J connectivity index is 1.28. The third kappa shape index (κ3) is 3.43. The highest BCUT2D eigenvalue weighted by Crippen LogP contribution is 2.31. The largest absolute Gasteiger partial charge is 0.486 e. The Morgan fingerprint density at radius 1 is 1.35 bits per heavy atom. The standard InChI is InChI=1S/C17H18N6O2S/c1-17(16-19-21-22-20-16)10-23(11-17)15(24)7-12-9-26-14(18-12)8-25-13-5-3-2-4-6-13/h2-6,9H,7-8,10-11H2,1H3,(H,19,20,21,22). The number of likely N-dealkylation sites (tertiary alicyclic amines) is 1. The van der Waals surface area contributed by atoms with Crippen LogP contribution in [-0.2, 0) is 23.2 Å². The maximum absolute atomic E-state index is 12.4. The summed E-state index contributed by atoms with van der Waals surface area (Å²) in [5.74, 6) is 1.52. The molecule has 0 bridgehead atoms. The summed E-state index contributed by atoms with van der Waals surface area (Å²) in [5, 5.41) is 16.9. The van der Waals surface area contributed by atoms with Gasteiger partial charge in [-0.05, 0) is 19.1 Å². The Hall–Kier alpha value is -2.81. The zero-order valence-corrected chi connectivity index (χ0v) is 15.1. The third-order valence-corrected chi connectivity index (χ3v) is 5.23. The molecule has 4 rings (SSSR count). The smallest absolute Gasteiger partial charge is 0.228 e. The van der Waals surface area contributed by atoms with Gasteiger partial charge < -0.3 is 9.64 Å². The van der Waals surface area contributed by atoms with E-state index in [2.05, 4.69) is 25.6 Å². The van der Waals surface area contributed by atoms with Crippen LogP contribution < -0.4 is 4.74 Å². The first kappa shape index (κ1) is 16.6. The maximum atomic E-state index is 12.4. The summed E-state index contributed by atoms with van der Waals surface area (Å²) in [6.07, 6.45) is 0.296. The van der Waals surface area contributed by atoms with Crippen molar-refractivity contribution in [1.82, 2.24) is 30.5 Å². The third-order valence-electron chi connectivity index (χ3n) is 4.35. The number of para-hydroxylation sites is 1. The number of amides is 1. The minimum absolute atomic E-state index is 0.0618. The zero-order valence-electron chi connectivity index (χ0n) is 14.3. The quantitative estimate of drug-likeness (QED) is 0.708. The van der Waals surface area contributed by atoms with E-state index in [-0.39, 0.29) is 11.3 Å². The molecule has 3 heterocycles. The summed E-state index contributed by atoms with van der Waals surface area (Å²) >= 11 is 1.51. The van der Waals surface area contributed by atoms with E-state index in [9.17, 15) is 4.79 Å². The molecule has 26 heavy (non-hydrogen) atoms. The average Bonchev–Trinajstić information content (AvgIpc) is 3.30. The number of nitrogens with zero attached hydrogens (tertiary/aromatic N) is 5. The lowest BCUT2D eigenvalue weighted by Gasteiger charge is -2.45. The summed E-state index contributed by atoms with van der Waals surface area (Å²) in [4.78, 5) is 18.7. The van der Waals surface area contributed by atoms with Gasteiger partial charge in [-0.3, -0.25) is 4.79 Å². The number of ether oxygens (including phenoxy) is 1. The number of hydrogen-bond donors (Lipinski definition) is 1. The van der Waals surface area contributed by atoms with Crippen molar-refractivity contribution in [3.63, 3.8) is 0 Å². The number of carbonyl (C=O) groups is 1. The van der Waals surface area contributed by atoms with E-state index in [1.807, 2.05) is 42.6 Å². The number of aromatic nitrogens is 5. The van der Waals surface area contributed by atoms with Gasteiger partial charge in [0, 0.05) is 18.5 Å². The van der Waals surface area contributed by atoms with Crippen LogP contribution in [0.3, 0.4) is 0 Å². The number of hydrogen-bond acceptors (Lipinski definition) is 7. The summed E-state index contributed by atoms with van der Waals surface area (Å²) in [6.45, 7) is 3.63. The zero-order chi connectivity index (χ0) is 18.0. The van der Waals surface area contributed by atoms with Crippen molar-refractivity contribution < 1.29 is 9.53 Å². The molecule has 1 N–H and O–H groups in total. The molecule has 8 nitrogen and oxygen atoms in total. The van der Waals surface area contributed by atoms with Gasteiger partial charge in [-0.2, -0.15) is 5.21 Å².